The lowest BCUT2D eigenvalue weighted by Crippen LogP contribution is -2.25. The first kappa shape index (κ1) is 19.4. The van der Waals surface area contributed by atoms with Crippen LogP contribution in [0, 0.1) is 0 Å². The Kier molecular flexibility index (Phi) is 5.23. The maximum atomic E-state index is 12.2. The van der Waals surface area contributed by atoms with Crippen molar-refractivity contribution in [3.63, 3.8) is 0 Å². The van der Waals surface area contributed by atoms with Crippen LogP contribution in [0.4, 0.5) is 5.82 Å². The first-order valence-electron chi connectivity index (χ1n) is 9.56. The summed E-state index contributed by atoms with van der Waals surface area (Å²) >= 11 is 0. The second-order valence-electron chi connectivity index (χ2n) is 7.35. The van der Waals surface area contributed by atoms with Gasteiger partial charge in [0.1, 0.15) is 9.84 Å². The Morgan fingerprint density at radius 2 is 1.97 bits per heavy atom. The number of hydrogen-bond acceptors (Lipinski definition) is 6. The average molecular weight is 414 g/mol. The number of fused-ring (bicyclic) bond motifs is 1. The lowest BCUT2D eigenvalue weighted by atomic mass is 10.1. The molecule has 1 aliphatic rings. The largest absolute Gasteiger partial charge is 0.367 e. The van der Waals surface area contributed by atoms with Gasteiger partial charge in [-0.15, -0.1) is 0 Å². The van der Waals surface area contributed by atoms with Crippen LogP contribution in [-0.2, 0) is 9.84 Å². The predicted octanol–water partition coefficient (Wildman–Crippen LogP) is 2.14. The van der Waals surface area contributed by atoms with Crippen molar-refractivity contribution in [1.29, 1.82) is 0 Å². The van der Waals surface area contributed by atoms with Gasteiger partial charge in [0.25, 0.3) is 5.91 Å². The molecule has 2 heterocycles. The molecule has 0 unspecified atom stereocenters. The maximum Gasteiger partial charge on any atom is 0.251 e. The van der Waals surface area contributed by atoms with Crippen LogP contribution in [0.25, 0.3) is 16.9 Å². The first-order valence-corrected chi connectivity index (χ1v) is 11.6. The van der Waals surface area contributed by atoms with Crippen molar-refractivity contribution in [2.75, 3.05) is 23.9 Å². The van der Waals surface area contributed by atoms with Crippen LogP contribution < -0.4 is 10.6 Å². The van der Waals surface area contributed by atoms with Gasteiger partial charge in [0.2, 0.25) is 0 Å². The minimum atomic E-state index is -2.98. The van der Waals surface area contributed by atoms with Gasteiger partial charge in [-0.2, -0.15) is 0 Å². The second-order valence-corrected chi connectivity index (χ2v) is 9.61. The average Bonchev–Trinajstić information content (AvgIpc) is 3.39. The Hall–Kier alpha value is -2.94. The molecule has 3 aromatic rings. The van der Waals surface area contributed by atoms with E-state index in [0.29, 0.717) is 36.0 Å². The third kappa shape index (κ3) is 4.73. The highest BCUT2D eigenvalue weighted by Crippen LogP contribution is 2.24. The monoisotopic (exact) mass is 413 g/mol. The van der Waals surface area contributed by atoms with Gasteiger partial charge in [-0.3, -0.25) is 9.20 Å². The lowest BCUT2D eigenvalue weighted by Gasteiger charge is -2.08. The molecular weight excluding hydrogens is 390 g/mol. The van der Waals surface area contributed by atoms with E-state index in [0.717, 1.165) is 24.1 Å². The van der Waals surface area contributed by atoms with Crippen molar-refractivity contribution in [3.05, 3.63) is 48.4 Å². The fraction of sp³-hybridized carbons (Fsp3) is 0.350. The number of imidazole rings is 1. The molecule has 0 radical (unpaired) electrons. The zero-order valence-corrected chi connectivity index (χ0v) is 16.9. The van der Waals surface area contributed by atoms with Gasteiger partial charge >= 0.3 is 0 Å². The summed E-state index contributed by atoms with van der Waals surface area (Å²) in [5.74, 6) is 0.693. The minimum Gasteiger partial charge on any atom is -0.367 e. The number of carbonyl (C=O) groups is 1. The smallest absolute Gasteiger partial charge is 0.251 e. The van der Waals surface area contributed by atoms with Gasteiger partial charge in [0, 0.05) is 42.4 Å². The summed E-state index contributed by atoms with van der Waals surface area (Å²) in [7, 11) is -2.98. The van der Waals surface area contributed by atoms with Crippen molar-refractivity contribution in [2.45, 2.75) is 25.3 Å². The normalized spacial score (nSPS) is 14.1. The lowest BCUT2D eigenvalue weighted by molar-refractivity contribution is 0.0951. The predicted molar refractivity (Wildman–Crippen MR) is 112 cm³/mol. The molecule has 1 saturated carbocycles. The molecule has 2 aromatic heterocycles. The fourth-order valence-electron chi connectivity index (χ4n) is 3.09. The SMILES string of the molecule is CS(=O)(=O)CCCNc1nccn2c(-c3ccc(C(=O)NC4CC4)cc3)cnc12. The maximum absolute atomic E-state index is 12.2. The summed E-state index contributed by atoms with van der Waals surface area (Å²) in [5, 5.41) is 6.15. The second kappa shape index (κ2) is 7.82. The summed E-state index contributed by atoms with van der Waals surface area (Å²) in [6.07, 6.45) is 9.11. The highest BCUT2D eigenvalue weighted by molar-refractivity contribution is 7.90. The van der Waals surface area contributed by atoms with Gasteiger partial charge in [-0.1, -0.05) is 12.1 Å². The van der Waals surface area contributed by atoms with E-state index in [-0.39, 0.29) is 11.7 Å². The minimum absolute atomic E-state index is 0.0398. The molecule has 0 aliphatic heterocycles. The van der Waals surface area contributed by atoms with Crippen molar-refractivity contribution in [3.8, 4) is 11.3 Å². The van der Waals surface area contributed by atoms with E-state index in [2.05, 4.69) is 20.6 Å². The van der Waals surface area contributed by atoms with Crippen LogP contribution in [0.15, 0.2) is 42.9 Å². The summed E-state index contributed by atoms with van der Waals surface area (Å²) in [6.45, 7) is 0.493. The molecule has 0 atom stereocenters. The number of nitrogens with zero attached hydrogens (tertiary/aromatic N) is 3. The number of nitrogens with one attached hydrogen (secondary N) is 2. The van der Waals surface area contributed by atoms with Crippen LogP contribution in [0.5, 0.6) is 0 Å². The van der Waals surface area contributed by atoms with E-state index in [1.807, 2.05) is 34.9 Å². The number of rotatable bonds is 8. The van der Waals surface area contributed by atoms with E-state index in [9.17, 15) is 13.2 Å². The first-order chi connectivity index (χ1) is 13.9. The fourth-order valence-corrected chi connectivity index (χ4v) is 3.76. The van der Waals surface area contributed by atoms with Crippen LogP contribution in [-0.4, -0.2) is 53.3 Å². The number of sulfone groups is 1. The van der Waals surface area contributed by atoms with Gasteiger partial charge in [-0.25, -0.2) is 18.4 Å². The zero-order valence-electron chi connectivity index (χ0n) is 16.1. The highest BCUT2D eigenvalue weighted by atomic mass is 32.2. The van der Waals surface area contributed by atoms with Gasteiger partial charge < -0.3 is 10.6 Å². The van der Waals surface area contributed by atoms with E-state index in [1.54, 1.807) is 12.4 Å². The van der Waals surface area contributed by atoms with Crippen molar-refractivity contribution >= 4 is 27.2 Å². The standard InChI is InChI=1S/C20H23N5O3S/c1-29(27,28)12-2-9-21-18-19-23-13-17(25(19)11-10-22-18)14-3-5-15(6-4-14)20(26)24-16-7-8-16/h3-6,10-11,13,16H,2,7-9,12H2,1H3,(H,21,22)(H,24,26). The number of carbonyl (C=O) groups excluding carboxylic acids is 1. The van der Waals surface area contributed by atoms with Crippen molar-refractivity contribution < 1.29 is 13.2 Å². The summed E-state index contributed by atoms with van der Waals surface area (Å²) < 4.78 is 24.4. The summed E-state index contributed by atoms with van der Waals surface area (Å²) in [6, 6.07) is 7.78. The van der Waals surface area contributed by atoms with Gasteiger partial charge in [0.15, 0.2) is 11.5 Å². The molecule has 152 valence electrons. The van der Waals surface area contributed by atoms with Crippen LogP contribution in [0.1, 0.15) is 29.6 Å². The molecule has 9 heteroatoms. The Bertz CT molecular complexity index is 1130. The number of amides is 1. The van der Waals surface area contributed by atoms with Crippen LogP contribution in [0.3, 0.4) is 0 Å². The van der Waals surface area contributed by atoms with Crippen LogP contribution >= 0.6 is 0 Å². The molecule has 1 aliphatic carbocycles. The molecular formula is C20H23N5O3S. The molecule has 4 rings (SSSR count). The Morgan fingerprint density at radius 3 is 2.66 bits per heavy atom. The van der Waals surface area contributed by atoms with Gasteiger partial charge in [0.05, 0.1) is 17.6 Å². The van der Waals surface area contributed by atoms with E-state index < -0.39 is 9.84 Å². The van der Waals surface area contributed by atoms with E-state index in [1.165, 1.54) is 6.26 Å². The molecule has 8 nitrogen and oxygen atoms in total. The number of aromatic nitrogens is 3. The van der Waals surface area contributed by atoms with Crippen molar-refractivity contribution in [2.24, 2.45) is 0 Å². The third-order valence-electron chi connectivity index (χ3n) is 4.77. The number of benzene rings is 1. The topological polar surface area (TPSA) is 105 Å². The Labute approximate surface area is 169 Å². The third-order valence-corrected chi connectivity index (χ3v) is 5.80. The van der Waals surface area contributed by atoms with Crippen LogP contribution in [0.2, 0.25) is 0 Å². The molecule has 1 fully saturated rings. The molecule has 2 N–H and O–H groups in total. The highest BCUT2D eigenvalue weighted by Gasteiger charge is 2.23. The quantitative estimate of drug-likeness (QED) is 0.548. The molecule has 1 aromatic carbocycles. The van der Waals surface area contributed by atoms with E-state index >= 15 is 0 Å². The molecule has 0 saturated heterocycles. The number of hydrogen-bond donors (Lipinski definition) is 2. The summed E-state index contributed by atoms with van der Waals surface area (Å²) in [4.78, 5) is 20.9. The molecule has 29 heavy (non-hydrogen) atoms. The molecule has 0 spiro atoms. The molecule has 0 bridgehead atoms. The summed E-state index contributed by atoms with van der Waals surface area (Å²) in [5.41, 5.74) is 3.13. The Morgan fingerprint density at radius 1 is 1.21 bits per heavy atom. The van der Waals surface area contributed by atoms with Gasteiger partial charge in [-0.05, 0) is 31.4 Å². The van der Waals surface area contributed by atoms with E-state index in [4.69, 9.17) is 0 Å². The molecule has 1 amide bonds. The van der Waals surface area contributed by atoms with Crippen molar-refractivity contribution in [1.82, 2.24) is 19.7 Å². The number of anilines is 1. The zero-order chi connectivity index (χ0) is 20.4. The Balaban J connectivity index is 1.50.